The summed E-state index contributed by atoms with van der Waals surface area (Å²) < 4.78 is 31.8. The molecule has 0 amide bonds. The van der Waals surface area contributed by atoms with E-state index in [1.165, 1.54) is 0 Å². The predicted octanol–water partition coefficient (Wildman–Crippen LogP) is 7.55. The van der Waals surface area contributed by atoms with E-state index in [0.29, 0.717) is 12.8 Å². The number of ether oxygens (including phenoxy) is 7. The number of ketones is 2. The van der Waals surface area contributed by atoms with Gasteiger partial charge >= 0.3 is 83.6 Å². The molecule has 0 radical (unpaired) electrons. The van der Waals surface area contributed by atoms with Crippen LogP contribution in [0.2, 0.25) is 0 Å². The van der Waals surface area contributed by atoms with E-state index in [1.807, 2.05) is 111 Å². The SMILES string of the molecule is CC1(CC2(C)CC(=O)OC2=O)CC(=O)OC1=O.CC1(c2ccc(C3(C)CC(=O)OC(=O)C3)cc2)CC(=O)OC(=O)C1.O=C1CC(=O)CC(c2ccc(-c3ccc(C4CC(=O)OC(=O)C4)cc3)cc2)C1.O=C1CC(c2ccc(C3CC(=O)OC(=O)C3)cc2)CC(=O)O1. The van der Waals surface area contributed by atoms with Crippen LogP contribution in [0.15, 0.2) is 97.1 Å². The fourth-order valence-electron chi connectivity index (χ4n) is 12.8. The first-order valence-electron chi connectivity index (χ1n) is 29.6. The van der Waals surface area contributed by atoms with Crippen LogP contribution in [-0.4, -0.2) is 95.1 Å². The Kier molecular flexibility index (Phi) is 19.3. The Bertz CT molecular complexity index is 3370. The molecule has 0 aromatic heterocycles. The highest BCUT2D eigenvalue weighted by Gasteiger charge is 2.55. The van der Waals surface area contributed by atoms with Gasteiger partial charge in [-0.3, -0.25) is 76.7 Å². The minimum atomic E-state index is -1.05. The van der Waals surface area contributed by atoms with E-state index in [4.69, 9.17) is 0 Å². The molecule has 23 nitrogen and oxygen atoms in total. The molecule has 8 aliphatic rings. The lowest BCUT2D eigenvalue weighted by Crippen LogP contribution is -2.38. The summed E-state index contributed by atoms with van der Waals surface area (Å²) in [5.74, 6) is -8.02. The van der Waals surface area contributed by atoms with Gasteiger partial charge in [0, 0.05) is 41.4 Å². The highest BCUT2D eigenvalue weighted by atomic mass is 16.6. The third kappa shape index (κ3) is 16.2. The highest BCUT2D eigenvalue weighted by Crippen LogP contribution is 2.46. The number of benzene rings is 4. The summed E-state index contributed by atoms with van der Waals surface area (Å²) in [7, 11) is 0. The van der Waals surface area contributed by atoms with Crippen LogP contribution < -0.4 is 0 Å². The Morgan fingerprint density at radius 1 is 0.286 bits per heavy atom. The molecule has 0 spiro atoms. The molecule has 1 aliphatic carbocycles. The Hall–Kier alpha value is -9.80. The van der Waals surface area contributed by atoms with Gasteiger partial charge in [-0.05, 0) is 70.7 Å². The molecule has 7 heterocycles. The standard InChI is InChI=1S/C23H20O5.C18H18O6.C16H14O6.C11H12O6/c24-20-9-18(10-21(25)13-20)16-5-1-14(2-6-16)15-3-7-17(8-4-15)19-11-22(26)28-23(27)12-19;1-17(7-13(19)23-14(20)8-17)11-3-5-12(6-4-11)18(2)9-15(21)24-16(22)10-18;17-13-5-11(6-14(18)21-13)9-1-2-10(4-3-9)12-7-15(19)22-16(20)8-12;1-10(3-6(12)16-8(10)14)5-11(2)4-7(13)17-9(11)15/h1-8,18-19H,9-13H2;3-6H,7-10H2,1-2H3;1-4,11-12H,5-8H2;3-5H2,1-2H3. The molecule has 0 bridgehead atoms. The van der Waals surface area contributed by atoms with Crippen molar-refractivity contribution in [2.24, 2.45) is 10.8 Å². The summed E-state index contributed by atoms with van der Waals surface area (Å²) >= 11 is 0. The third-order valence-electron chi connectivity index (χ3n) is 17.6. The second-order valence-corrected chi connectivity index (χ2v) is 25.4. The maximum absolute atomic E-state index is 11.7. The van der Waals surface area contributed by atoms with Crippen molar-refractivity contribution in [2.45, 2.75) is 165 Å². The molecule has 0 N–H and O–H groups in total. The average Bonchev–Trinajstić information content (AvgIpc) is 1.79. The minimum Gasteiger partial charge on any atom is -0.393 e. The first-order valence-corrected chi connectivity index (χ1v) is 29.6. The van der Waals surface area contributed by atoms with E-state index < -0.39 is 105 Å². The van der Waals surface area contributed by atoms with E-state index in [2.05, 4.69) is 33.2 Å². The first kappa shape index (κ1) is 65.6. The summed E-state index contributed by atoms with van der Waals surface area (Å²) in [4.78, 5) is 183. The van der Waals surface area contributed by atoms with Crippen LogP contribution in [0, 0.1) is 10.8 Å². The number of hydrogen-bond acceptors (Lipinski definition) is 23. The van der Waals surface area contributed by atoms with Gasteiger partial charge in [-0.25, -0.2) is 0 Å². The monoisotopic (exact) mass is 1250 g/mol. The lowest BCUT2D eigenvalue weighted by Gasteiger charge is -2.34. The number of carbonyl (C=O) groups is 16. The summed E-state index contributed by atoms with van der Waals surface area (Å²) in [6.07, 6.45) is 2.60. The van der Waals surface area contributed by atoms with Gasteiger partial charge in [-0.1, -0.05) is 111 Å². The lowest BCUT2D eigenvalue weighted by molar-refractivity contribution is -0.168. The Labute approximate surface area is 520 Å². The van der Waals surface area contributed by atoms with E-state index in [9.17, 15) is 76.7 Å². The number of esters is 14. The van der Waals surface area contributed by atoms with Gasteiger partial charge in [0.1, 0.15) is 11.6 Å². The van der Waals surface area contributed by atoms with Crippen molar-refractivity contribution in [3.8, 4) is 11.1 Å². The average molecular weight is 1250 g/mol. The van der Waals surface area contributed by atoms with Crippen molar-refractivity contribution in [1.29, 1.82) is 0 Å². The van der Waals surface area contributed by atoms with Crippen molar-refractivity contribution in [1.82, 2.24) is 0 Å². The maximum atomic E-state index is 11.7. The van der Waals surface area contributed by atoms with Crippen LogP contribution in [-0.2, 0) is 121 Å². The quantitative estimate of drug-likeness (QED) is 0.0886. The number of rotatable bonds is 9. The summed E-state index contributed by atoms with van der Waals surface area (Å²) in [5, 5.41) is 0. The number of cyclic esters (lactones) is 14. The Morgan fingerprint density at radius 3 is 0.769 bits per heavy atom. The molecule has 2 unspecified atom stereocenters. The molecule has 4 aromatic rings. The van der Waals surface area contributed by atoms with Crippen molar-refractivity contribution in [2.75, 3.05) is 0 Å². The van der Waals surface area contributed by atoms with Gasteiger partial charge in [0.05, 0.1) is 94.3 Å². The van der Waals surface area contributed by atoms with Crippen molar-refractivity contribution in [3.05, 3.63) is 130 Å². The molecule has 474 valence electrons. The second-order valence-electron chi connectivity index (χ2n) is 25.4. The largest absolute Gasteiger partial charge is 0.393 e. The molecule has 2 atom stereocenters. The predicted molar refractivity (Wildman–Crippen MR) is 308 cm³/mol. The van der Waals surface area contributed by atoms with Crippen LogP contribution >= 0.6 is 0 Å². The molecule has 91 heavy (non-hydrogen) atoms. The number of carbonyl (C=O) groups excluding carboxylic acids is 16. The van der Waals surface area contributed by atoms with Gasteiger partial charge in [0.15, 0.2) is 0 Å². The van der Waals surface area contributed by atoms with Crippen LogP contribution in [0.25, 0.3) is 11.1 Å². The minimum absolute atomic E-state index is 0.0194. The van der Waals surface area contributed by atoms with E-state index in [0.717, 1.165) is 44.5 Å². The van der Waals surface area contributed by atoms with Crippen molar-refractivity contribution < 1.29 is 110 Å². The third-order valence-corrected chi connectivity index (χ3v) is 17.6. The maximum Gasteiger partial charge on any atom is 0.320 e. The fourth-order valence-corrected chi connectivity index (χ4v) is 12.8. The topological polar surface area (TPSA) is 338 Å². The van der Waals surface area contributed by atoms with Crippen molar-refractivity contribution >= 4 is 95.1 Å². The van der Waals surface area contributed by atoms with Crippen LogP contribution in [0.1, 0.15) is 187 Å². The van der Waals surface area contributed by atoms with Crippen molar-refractivity contribution in [3.63, 3.8) is 0 Å². The molecule has 8 fully saturated rings. The zero-order valence-corrected chi connectivity index (χ0v) is 50.3. The zero-order valence-electron chi connectivity index (χ0n) is 50.3. The number of hydrogen-bond donors (Lipinski definition) is 0. The smallest absolute Gasteiger partial charge is 0.320 e. The summed E-state index contributed by atoms with van der Waals surface area (Å²) in [5.41, 5.74) is 4.17. The van der Waals surface area contributed by atoms with Gasteiger partial charge in [-0.2, -0.15) is 0 Å². The Balaban J connectivity index is 0.000000146. The van der Waals surface area contributed by atoms with Crippen LogP contribution in [0.4, 0.5) is 0 Å². The zero-order chi connectivity index (χ0) is 65.7. The van der Waals surface area contributed by atoms with Crippen LogP contribution in [0.3, 0.4) is 0 Å². The Morgan fingerprint density at radius 2 is 0.516 bits per heavy atom. The molecule has 7 saturated heterocycles. The van der Waals surface area contributed by atoms with Gasteiger partial charge < -0.3 is 33.2 Å². The molecule has 4 aromatic carbocycles. The van der Waals surface area contributed by atoms with E-state index >= 15 is 0 Å². The van der Waals surface area contributed by atoms with E-state index in [-0.39, 0.29) is 125 Å². The molecule has 12 rings (SSSR count). The molecular weight excluding hydrogens is 1180 g/mol. The summed E-state index contributed by atoms with van der Waals surface area (Å²) in [6, 6.07) is 30.5. The molecule has 7 aliphatic heterocycles. The first-order chi connectivity index (χ1) is 42.9. The van der Waals surface area contributed by atoms with Gasteiger partial charge in [-0.15, -0.1) is 0 Å². The van der Waals surface area contributed by atoms with Gasteiger partial charge in [0.2, 0.25) is 0 Å². The van der Waals surface area contributed by atoms with E-state index in [1.54, 1.807) is 13.8 Å². The van der Waals surface area contributed by atoms with Gasteiger partial charge in [0.25, 0.3) is 0 Å². The molecular formula is C68H64O23. The van der Waals surface area contributed by atoms with Crippen LogP contribution in [0.5, 0.6) is 0 Å². The highest BCUT2D eigenvalue weighted by molar-refractivity contribution is 6.03. The molecule has 23 heteroatoms. The summed E-state index contributed by atoms with van der Waals surface area (Å²) in [6.45, 7) is 6.82. The fraction of sp³-hybridized carbons (Fsp3) is 0.412. The normalized spacial score (nSPS) is 23.8. The second kappa shape index (κ2) is 26.7. The molecule has 1 saturated carbocycles. The number of Topliss-reactive ketones (excluding diaryl/α,β-unsaturated/α-hetero) is 2. The lowest BCUT2D eigenvalue weighted by atomic mass is 9.71.